The molecular weight excluding hydrogens is 288 g/mol. The largest absolute Gasteiger partial charge is 0.459 e. The Kier molecular flexibility index (Phi) is 6.85. The van der Waals surface area contributed by atoms with E-state index in [0.29, 0.717) is 12.3 Å². The third kappa shape index (κ3) is 5.51. The summed E-state index contributed by atoms with van der Waals surface area (Å²) in [6, 6.07) is 8.05. The molecule has 0 bridgehead atoms. The standard InChI is InChI=1S/C20H28O3/c1-15(2)19-13-5-3-4-9-16-10-6-7-11-17(16)18(21)12-8-14-20(22)23-19/h6-8,10-11,14-15,18-19,21H,3-5,9,12-13H2,1-2H3/b14-8+/t18-,19-/m0/s1. The van der Waals surface area contributed by atoms with Gasteiger partial charge >= 0.3 is 5.97 Å². The van der Waals surface area contributed by atoms with E-state index in [1.165, 1.54) is 11.6 Å². The molecule has 1 aromatic rings. The molecule has 0 aliphatic carbocycles. The zero-order valence-corrected chi connectivity index (χ0v) is 14.2. The number of esters is 1. The number of aryl methyl sites for hydroxylation is 1. The second-order valence-electron chi connectivity index (χ2n) is 6.67. The predicted molar refractivity (Wildman–Crippen MR) is 92.0 cm³/mol. The number of benzene rings is 1. The average molecular weight is 316 g/mol. The highest BCUT2D eigenvalue weighted by molar-refractivity contribution is 5.82. The first-order chi connectivity index (χ1) is 11.1. The SMILES string of the molecule is CC(C)[C@@H]1CCCCCc2ccccc2[C@@H](O)C/C=C/C(=O)O1. The molecule has 2 atom stereocenters. The molecule has 1 heterocycles. The van der Waals surface area contributed by atoms with Gasteiger partial charge in [0.05, 0.1) is 6.10 Å². The van der Waals surface area contributed by atoms with Crippen LogP contribution in [-0.2, 0) is 16.0 Å². The van der Waals surface area contributed by atoms with Gasteiger partial charge in [-0.25, -0.2) is 4.79 Å². The minimum atomic E-state index is -0.570. The highest BCUT2D eigenvalue weighted by Gasteiger charge is 2.17. The molecule has 3 heteroatoms. The molecule has 0 aromatic heterocycles. The number of carbonyl (C=O) groups excluding carboxylic acids is 1. The molecule has 0 radical (unpaired) electrons. The molecular formula is C20H28O3. The summed E-state index contributed by atoms with van der Waals surface area (Å²) in [5.74, 6) is 0.0211. The molecule has 0 fully saturated rings. The fraction of sp³-hybridized carbons (Fsp3) is 0.550. The Labute approximate surface area is 139 Å². The summed E-state index contributed by atoms with van der Waals surface area (Å²) < 4.78 is 5.55. The Bertz CT molecular complexity index is 533. The third-order valence-electron chi connectivity index (χ3n) is 4.47. The lowest BCUT2D eigenvalue weighted by Crippen LogP contribution is -2.22. The zero-order chi connectivity index (χ0) is 16.7. The van der Waals surface area contributed by atoms with Crippen LogP contribution in [0.3, 0.4) is 0 Å². The quantitative estimate of drug-likeness (QED) is 0.783. The molecule has 0 spiro atoms. The minimum Gasteiger partial charge on any atom is -0.459 e. The Morgan fingerprint density at radius 3 is 2.74 bits per heavy atom. The van der Waals surface area contributed by atoms with Crippen LogP contribution in [0.5, 0.6) is 0 Å². The van der Waals surface area contributed by atoms with Crippen LogP contribution in [0.15, 0.2) is 36.4 Å². The highest BCUT2D eigenvalue weighted by Crippen LogP contribution is 2.24. The number of aliphatic hydroxyl groups excluding tert-OH is 1. The average Bonchev–Trinajstić information content (AvgIpc) is 2.53. The summed E-state index contributed by atoms with van der Waals surface area (Å²) in [7, 11) is 0. The third-order valence-corrected chi connectivity index (χ3v) is 4.47. The summed E-state index contributed by atoms with van der Waals surface area (Å²) in [4.78, 5) is 11.9. The molecule has 3 nitrogen and oxygen atoms in total. The number of ether oxygens (including phenoxy) is 1. The lowest BCUT2D eigenvalue weighted by molar-refractivity contribution is -0.145. The van der Waals surface area contributed by atoms with Gasteiger partial charge in [0.25, 0.3) is 0 Å². The van der Waals surface area contributed by atoms with Crippen LogP contribution < -0.4 is 0 Å². The van der Waals surface area contributed by atoms with E-state index >= 15 is 0 Å². The second kappa shape index (κ2) is 8.88. The second-order valence-corrected chi connectivity index (χ2v) is 6.67. The Balaban J connectivity index is 2.13. The van der Waals surface area contributed by atoms with Gasteiger partial charge in [-0.1, -0.05) is 50.6 Å². The number of fused-ring (bicyclic) bond motifs is 1. The molecule has 1 N–H and O–H groups in total. The maximum absolute atomic E-state index is 11.9. The number of carbonyl (C=O) groups is 1. The van der Waals surface area contributed by atoms with Crippen molar-refractivity contribution in [2.45, 2.75) is 64.6 Å². The summed E-state index contributed by atoms with van der Waals surface area (Å²) in [5.41, 5.74) is 2.19. The minimum absolute atomic E-state index is 0.0210. The van der Waals surface area contributed by atoms with Crippen molar-refractivity contribution in [2.24, 2.45) is 5.92 Å². The molecule has 1 aromatic carbocycles. The molecule has 126 valence electrons. The number of hydrogen-bond acceptors (Lipinski definition) is 3. The lowest BCUT2D eigenvalue weighted by Gasteiger charge is -2.21. The number of rotatable bonds is 1. The van der Waals surface area contributed by atoms with E-state index in [-0.39, 0.29) is 12.1 Å². The number of cyclic esters (lactones) is 1. The van der Waals surface area contributed by atoms with E-state index in [4.69, 9.17) is 4.74 Å². The van der Waals surface area contributed by atoms with Crippen molar-refractivity contribution in [1.82, 2.24) is 0 Å². The van der Waals surface area contributed by atoms with Gasteiger partial charge < -0.3 is 9.84 Å². The van der Waals surface area contributed by atoms with Crippen LogP contribution >= 0.6 is 0 Å². The highest BCUT2D eigenvalue weighted by atomic mass is 16.5. The van der Waals surface area contributed by atoms with Crippen molar-refractivity contribution in [3.05, 3.63) is 47.5 Å². The van der Waals surface area contributed by atoms with Gasteiger partial charge in [-0.2, -0.15) is 0 Å². The molecule has 2 rings (SSSR count). The van der Waals surface area contributed by atoms with Crippen molar-refractivity contribution in [3.63, 3.8) is 0 Å². The monoisotopic (exact) mass is 316 g/mol. The van der Waals surface area contributed by atoms with Crippen LogP contribution in [0.2, 0.25) is 0 Å². The maximum atomic E-state index is 11.9. The van der Waals surface area contributed by atoms with Crippen molar-refractivity contribution in [1.29, 1.82) is 0 Å². The van der Waals surface area contributed by atoms with Crippen LogP contribution in [-0.4, -0.2) is 17.2 Å². The predicted octanol–water partition coefficient (Wildman–Crippen LogP) is 4.35. The molecule has 0 amide bonds. The van der Waals surface area contributed by atoms with E-state index in [1.54, 1.807) is 6.08 Å². The molecule has 0 unspecified atom stereocenters. The molecule has 1 aliphatic heterocycles. The normalized spacial score (nSPS) is 25.3. The summed E-state index contributed by atoms with van der Waals surface area (Å²) in [6.07, 6.45) is 8.18. The van der Waals surface area contributed by atoms with Gasteiger partial charge in [0.2, 0.25) is 0 Å². The van der Waals surface area contributed by atoms with Crippen LogP contribution in [0, 0.1) is 5.92 Å². The van der Waals surface area contributed by atoms with Crippen molar-refractivity contribution in [3.8, 4) is 0 Å². The first-order valence-corrected chi connectivity index (χ1v) is 8.71. The molecule has 0 saturated carbocycles. The topological polar surface area (TPSA) is 46.5 Å². The Morgan fingerprint density at radius 2 is 1.96 bits per heavy atom. The number of aliphatic hydroxyl groups is 1. The fourth-order valence-corrected chi connectivity index (χ4v) is 3.06. The zero-order valence-electron chi connectivity index (χ0n) is 14.2. The Hall–Kier alpha value is -1.61. The van der Waals surface area contributed by atoms with Gasteiger partial charge in [0, 0.05) is 6.08 Å². The van der Waals surface area contributed by atoms with Gasteiger partial charge in [0.15, 0.2) is 0 Å². The van der Waals surface area contributed by atoms with Gasteiger partial charge in [0.1, 0.15) is 6.10 Å². The van der Waals surface area contributed by atoms with E-state index < -0.39 is 6.10 Å². The maximum Gasteiger partial charge on any atom is 0.330 e. The Morgan fingerprint density at radius 1 is 1.17 bits per heavy atom. The first kappa shape index (κ1) is 17.7. The summed E-state index contributed by atoms with van der Waals surface area (Å²) in [6.45, 7) is 4.18. The smallest absolute Gasteiger partial charge is 0.330 e. The van der Waals surface area contributed by atoms with Crippen LogP contribution in [0.25, 0.3) is 0 Å². The molecule has 0 saturated heterocycles. The van der Waals surface area contributed by atoms with Crippen molar-refractivity contribution < 1.29 is 14.6 Å². The first-order valence-electron chi connectivity index (χ1n) is 8.71. The summed E-state index contributed by atoms with van der Waals surface area (Å²) in [5, 5.41) is 10.4. The number of hydrogen-bond donors (Lipinski definition) is 1. The van der Waals surface area contributed by atoms with E-state index in [1.807, 2.05) is 18.2 Å². The summed E-state index contributed by atoms with van der Waals surface area (Å²) >= 11 is 0. The molecule has 23 heavy (non-hydrogen) atoms. The van der Waals surface area contributed by atoms with Crippen LogP contribution in [0.4, 0.5) is 0 Å². The van der Waals surface area contributed by atoms with E-state index in [2.05, 4.69) is 19.9 Å². The van der Waals surface area contributed by atoms with Crippen molar-refractivity contribution >= 4 is 5.97 Å². The van der Waals surface area contributed by atoms with E-state index in [0.717, 1.165) is 37.7 Å². The van der Waals surface area contributed by atoms with Gasteiger partial charge in [-0.15, -0.1) is 0 Å². The van der Waals surface area contributed by atoms with Gasteiger partial charge in [-0.3, -0.25) is 0 Å². The van der Waals surface area contributed by atoms with Gasteiger partial charge in [-0.05, 0) is 49.1 Å². The molecule has 1 aliphatic rings. The van der Waals surface area contributed by atoms with Crippen LogP contribution in [0.1, 0.15) is 63.2 Å². The fourth-order valence-electron chi connectivity index (χ4n) is 3.06. The lowest BCUT2D eigenvalue weighted by atomic mass is 9.94. The van der Waals surface area contributed by atoms with E-state index in [9.17, 15) is 9.90 Å². The van der Waals surface area contributed by atoms with Crippen molar-refractivity contribution in [2.75, 3.05) is 0 Å².